The van der Waals surface area contributed by atoms with Crippen molar-refractivity contribution in [1.82, 2.24) is 20.9 Å². The molecule has 1 fully saturated rings. The molecule has 252 valence electrons. The lowest BCUT2D eigenvalue weighted by Gasteiger charge is -2.32. The van der Waals surface area contributed by atoms with Crippen molar-refractivity contribution in [2.45, 2.75) is 103 Å². The fourth-order valence-electron chi connectivity index (χ4n) is 5.34. The first kappa shape index (κ1) is 38.1. The monoisotopic (exact) mass is 647 g/mol. The van der Waals surface area contributed by atoms with Gasteiger partial charge >= 0.3 is 6.09 Å². The topological polar surface area (TPSA) is 160 Å². The molecule has 1 aromatic rings. The maximum absolute atomic E-state index is 13.9. The molecule has 1 aliphatic heterocycles. The van der Waals surface area contributed by atoms with Crippen molar-refractivity contribution < 1.29 is 28.7 Å². The smallest absolute Gasteiger partial charge is 0.407 e. The summed E-state index contributed by atoms with van der Waals surface area (Å²) in [7, 11) is 0. The predicted molar refractivity (Wildman–Crippen MR) is 178 cm³/mol. The van der Waals surface area contributed by atoms with Gasteiger partial charge in [-0.15, -0.1) is 0 Å². The second-order valence-corrected chi connectivity index (χ2v) is 13.5. The molecule has 5 N–H and O–H groups in total. The summed E-state index contributed by atoms with van der Waals surface area (Å²) in [6.07, 6.45) is 4.00. The zero-order valence-corrected chi connectivity index (χ0v) is 28.5. The summed E-state index contributed by atoms with van der Waals surface area (Å²) in [6, 6.07) is 5.69. The quantitative estimate of drug-likeness (QED) is 0.167. The normalized spacial score (nSPS) is 18.4. The van der Waals surface area contributed by atoms with Crippen LogP contribution in [0, 0.1) is 11.8 Å². The van der Waals surface area contributed by atoms with E-state index in [2.05, 4.69) is 16.0 Å². The van der Waals surface area contributed by atoms with Crippen molar-refractivity contribution in [2.24, 2.45) is 17.6 Å². The molecule has 5 atom stereocenters. The third kappa shape index (κ3) is 12.3. The van der Waals surface area contributed by atoms with Gasteiger partial charge in [-0.25, -0.2) is 4.79 Å². The molecule has 0 aliphatic carbocycles. The summed E-state index contributed by atoms with van der Waals surface area (Å²) in [5.41, 5.74) is 6.53. The molecule has 5 unspecified atom stereocenters. The Morgan fingerprint density at radius 2 is 1.69 bits per heavy atom. The lowest BCUT2D eigenvalue weighted by Crippen LogP contribution is -2.56. The van der Waals surface area contributed by atoms with Crippen LogP contribution in [0.15, 0.2) is 30.3 Å². The zero-order chi connectivity index (χ0) is 33.5. The maximum Gasteiger partial charge on any atom is 0.407 e. The molecule has 1 aromatic carbocycles. The van der Waals surface area contributed by atoms with Gasteiger partial charge < -0.3 is 31.3 Å². The van der Waals surface area contributed by atoms with E-state index in [9.17, 15) is 24.0 Å². The summed E-state index contributed by atoms with van der Waals surface area (Å²) in [6.45, 7) is 10.00. The summed E-state index contributed by atoms with van der Waals surface area (Å²) in [5.74, 6) is -0.862. The lowest BCUT2D eigenvalue weighted by molar-refractivity contribution is -0.141. The van der Waals surface area contributed by atoms with Crippen molar-refractivity contribution in [1.29, 1.82) is 0 Å². The van der Waals surface area contributed by atoms with Gasteiger partial charge in [-0.3, -0.25) is 19.2 Å². The molecule has 0 saturated carbocycles. The van der Waals surface area contributed by atoms with E-state index in [4.69, 9.17) is 10.5 Å². The van der Waals surface area contributed by atoms with E-state index >= 15 is 0 Å². The van der Waals surface area contributed by atoms with Gasteiger partial charge in [-0.2, -0.15) is 11.8 Å². The Morgan fingerprint density at radius 3 is 2.29 bits per heavy atom. The maximum atomic E-state index is 13.9. The molecule has 0 radical (unpaired) electrons. The van der Waals surface area contributed by atoms with Crippen LogP contribution >= 0.6 is 11.8 Å². The molecule has 11 nitrogen and oxygen atoms in total. The number of unbranched alkanes of at least 4 members (excludes halogenated alkanes) is 1. The highest BCUT2D eigenvalue weighted by atomic mass is 32.2. The predicted octanol–water partition coefficient (Wildman–Crippen LogP) is 3.05. The number of benzene rings is 1. The van der Waals surface area contributed by atoms with Gasteiger partial charge in [0.1, 0.15) is 18.1 Å². The fraction of sp³-hybridized carbons (Fsp3) is 0.667. The number of hydrogen-bond donors (Lipinski definition) is 4. The number of rotatable bonds is 19. The molecule has 2 rings (SSSR count). The van der Waals surface area contributed by atoms with Gasteiger partial charge in [0.05, 0.1) is 12.6 Å². The molecule has 45 heavy (non-hydrogen) atoms. The summed E-state index contributed by atoms with van der Waals surface area (Å²) >= 11 is 1.54. The van der Waals surface area contributed by atoms with E-state index in [0.717, 1.165) is 12.0 Å². The second kappa shape index (κ2) is 19.4. The number of carbonyl (C=O) groups excluding carboxylic acids is 5. The number of ketones is 1. The van der Waals surface area contributed by atoms with Crippen molar-refractivity contribution in [3.63, 3.8) is 0 Å². The number of nitrogens with one attached hydrogen (secondary N) is 3. The van der Waals surface area contributed by atoms with Crippen LogP contribution in [0.3, 0.4) is 0 Å². The van der Waals surface area contributed by atoms with E-state index < -0.39 is 42.1 Å². The Labute approximate surface area is 272 Å². The molecule has 4 amide bonds. The minimum atomic E-state index is -0.898. The first-order valence-electron chi connectivity index (χ1n) is 16.0. The summed E-state index contributed by atoms with van der Waals surface area (Å²) in [5, 5.41) is 8.43. The third-order valence-electron chi connectivity index (χ3n) is 7.77. The van der Waals surface area contributed by atoms with Crippen LogP contribution in [0.4, 0.5) is 4.79 Å². The van der Waals surface area contributed by atoms with Crippen molar-refractivity contribution in [3.8, 4) is 0 Å². The van der Waals surface area contributed by atoms with Gasteiger partial charge in [0.15, 0.2) is 5.78 Å². The first-order valence-corrected chi connectivity index (χ1v) is 17.4. The standard InChI is InChI=1S/C33H53N5O6S/c1-21(2)20-44-33(43)37-26(15-17-45-6)30(40)36-27-18-23(5)38(32(27)42)28(19-24-12-8-7-9-13-24)31(41)35-25(14-10-11-16-34)29(39)22(3)4/h7-9,12-13,21-23,25-28H,10-11,14-20,34H2,1-6H3,(H,35,41)(H,36,40)(H,37,43). The largest absolute Gasteiger partial charge is 0.449 e. The molecule has 0 aromatic heterocycles. The molecular formula is C33H53N5O6S. The van der Waals surface area contributed by atoms with E-state index in [1.165, 1.54) is 16.7 Å². The van der Waals surface area contributed by atoms with Crippen LogP contribution in [0.1, 0.15) is 72.3 Å². The Kier molecular flexibility index (Phi) is 16.4. The van der Waals surface area contributed by atoms with Crippen LogP contribution < -0.4 is 21.7 Å². The number of likely N-dealkylation sites (tertiary alicyclic amines) is 1. The molecule has 12 heteroatoms. The summed E-state index contributed by atoms with van der Waals surface area (Å²) in [4.78, 5) is 68.1. The van der Waals surface area contributed by atoms with Crippen molar-refractivity contribution >= 4 is 41.4 Å². The molecule has 1 heterocycles. The third-order valence-corrected chi connectivity index (χ3v) is 8.42. The highest BCUT2D eigenvalue weighted by molar-refractivity contribution is 7.98. The number of nitrogens with zero attached hydrogens (tertiary/aromatic N) is 1. The molecule has 0 bridgehead atoms. The molecule has 1 aliphatic rings. The molecular weight excluding hydrogens is 594 g/mol. The number of amides is 4. The van der Waals surface area contributed by atoms with Gasteiger partial charge in [-0.05, 0) is 69.1 Å². The Bertz CT molecular complexity index is 1120. The van der Waals surface area contributed by atoms with Crippen LogP contribution in [0.2, 0.25) is 0 Å². The first-order chi connectivity index (χ1) is 21.4. The summed E-state index contributed by atoms with van der Waals surface area (Å²) < 4.78 is 5.21. The Hall–Kier alpha value is -3.12. The van der Waals surface area contributed by atoms with Gasteiger partial charge in [0.2, 0.25) is 17.7 Å². The zero-order valence-electron chi connectivity index (χ0n) is 27.7. The van der Waals surface area contributed by atoms with Crippen LogP contribution in [-0.4, -0.2) is 89.9 Å². The average Bonchev–Trinajstić information content (AvgIpc) is 3.27. The van der Waals surface area contributed by atoms with Crippen LogP contribution in [0.25, 0.3) is 0 Å². The number of nitrogens with two attached hydrogens (primary N) is 1. The molecule has 1 saturated heterocycles. The average molecular weight is 648 g/mol. The van der Waals surface area contributed by atoms with Crippen LogP contribution in [0.5, 0.6) is 0 Å². The van der Waals surface area contributed by atoms with E-state index in [1.807, 2.05) is 57.4 Å². The van der Waals surface area contributed by atoms with Gasteiger partial charge in [0.25, 0.3) is 0 Å². The van der Waals surface area contributed by atoms with Gasteiger partial charge in [0, 0.05) is 18.4 Å². The highest BCUT2D eigenvalue weighted by Gasteiger charge is 2.45. The SMILES string of the molecule is CSCCC(NC(=O)OCC(C)C)C(=O)NC1CC(C)N(C(Cc2ccccc2)C(=O)NC(CCCCN)C(=O)C(C)C)C1=O. The van der Waals surface area contributed by atoms with Crippen molar-refractivity contribution in [2.75, 3.05) is 25.2 Å². The van der Waals surface area contributed by atoms with E-state index in [-0.39, 0.29) is 42.6 Å². The Morgan fingerprint density at radius 1 is 1.00 bits per heavy atom. The molecule has 0 spiro atoms. The van der Waals surface area contributed by atoms with E-state index in [1.54, 1.807) is 13.8 Å². The highest BCUT2D eigenvalue weighted by Crippen LogP contribution is 2.25. The van der Waals surface area contributed by atoms with Gasteiger partial charge in [-0.1, -0.05) is 58.0 Å². The number of alkyl carbamates (subject to hydrolysis) is 1. The fourth-order valence-corrected chi connectivity index (χ4v) is 5.81. The lowest BCUT2D eigenvalue weighted by atomic mass is 9.96. The van der Waals surface area contributed by atoms with Crippen LogP contribution in [-0.2, 0) is 30.3 Å². The van der Waals surface area contributed by atoms with Crippen molar-refractivity contribution in [3.05, 3.63) is 35.9 Å². The number of ether oxygens (including phenoxy) is 1. The van der Waals surface area contributed by atoms with E-state index in [0.29, 0.717) is 38.0 Å². The number of Topliss-reactive ketones (excluding diaryl/α,β-unsaturated/α-hetero) is 1. The number of hydrogen-bond acceptors (Lipinski definition) is 8. The number of carbonyl (C=O) groups is 5. The minimum absolute atomic E-state index is 0.0690. The minimum Gasteiger partial charge on any atom is -0.449 e. The Balaban J connectivity index is 2.27. The second-order valence-electron chi connectivity index (χ2n) is 12.5. The number of thioether (sulfide) groups is 1.